The van der Waals surface area contributed by atoms with E-state index >= 15 is 0 Å². The van der Waals surface area contributed by atoms with Crippen molar-refractivity contribution < 1.29 is 0 Å². The predicted octanol–water partition coefficient (Wildman–Crippen LogP) is 3.00. The third kappa shape index (κ3) is 0.389. The molecule has 0 amide bonds. The molecule has 0 aliphatic heterocycles. The van der Waals surface area contributed by atoms with E-state index in [4.69, 9.17) is 0 Å². The van der Waals surface area contributed by atoms with Crippen LogP contribution in [0.2, 0.25) is 0 Å². The van der Waals surface area contributed by atoms with Gasteiger partial charge in [0.05, 0.1) is 0 Å². The summed E-state index contributed by atoms with van der Waals surface area (Å²) in [6, 6.07) is 0. The Hall–Kier alpha value is -0.260. The van der Waals surface area contributed by atoms with Crippen LogP contribution < -0.4 is 0 Å². The van der Waals surface area contributed by atoms with Crippen LogP contribution in [-0.2, 0) is 0 Å². The molecule has 3 rings (SSSR count). The van der Waals surface area contributed by atoms with Crippen LogP contribution in [0.1, 0.15) is 33.6 Å². The molecule has 3 aliphatic carbocycles. The molecule has 1 spiro atoms. The average molecular weight is 148 g/mol. The van der Waals surface area contributed by atoms with Crippen LogP contribution in [0.4, 0.5) is 0 Å². The molecule has 0 bridgehead atoms. The Morgan fingerprint density at radius 2 is 2.18 bits per heavy atom. The van der Waals surface area contributed by atoms with E-state index in [1.54, 1.807) is 5.57 Å². The first-order valence-electron chi connectivity index (χ1n) is 4.77. The molecule has 0 saturated heterocycles. The minimum atomic E-state index is 0.686. The van der Waals surface area contributed by atoms with Crippen molar-refractivity contribution in [3.05, 3.63) is 11.6 Å². The lowest BCUT2D eigenvalue weighted by molar-refractivity contribution is 0.207. The highest BCUT2D eigenvalue weighted by Crippen LogP contribution is 2.87. The van der Waals surface area contributed by atoms with Gasteiger partial charge in [-0.2, -0.15) is 0 Å². The van der Waals surface area contributed by atoms with Crippen LogP contribution in [-0.4, -0.2) is 0 Å². The second-order valence-corrected chi connectivity index (χ2v) is 5.26. The molecule has 0 aromatic rings. The fraction of sp³-hybridized carbons (Fsp3) is 0.818. The molecular weight excluding hydrogens is 132 g/mol. The summed E-state index contributed by atoms with van der Waals surface area (Å²) in [5, 5.41) is 0. The van der Waals surface area contributed by atoms with Crippen molar-refractivity contribution in [2.45, 2.75) is 33.6 Å². The summed E-state index contributed by atoms with van der Waals surface area (Å²) in [4.78, 5) is 0. The third-order valence-corrected chi connectivity index (χ3v) is 5.01. The maximum atomic E-state index is 2.49. The highest BCUT2D eigenvalue weighted by atomic mass is 14.8. The molecule has 3 aliphatic rings. The lowest BCUT2D eigenvalue weighted by atomic mass is 9.72. The first kappa shape index (κ1) is 6.28. The zero-order valence-electron chi connectivity index (χ0n) is 7.65. The van der Waals surface area contributed by atoms with Crippen LogP contribution in [0.3, 0.4) is 0 Å². The summed E-state index contributed by atoms with van der Waals surface area (Å²) >= 11 is 0. The van der Waals surface area contributed by atoms with E-state index in [9.17, 15) is 0 Å². The minimum absolute atomic E-state index is 0.686. The Kier molecular flexibility index (Phi) is 0.753. The quantitative estimate of drug-likeness (QED) is 0.463. The Labute approximate surface area is 68.7 Å². The molecule has 0 unspecified atom stereocenters. The van der Waals surface area contributed by atoms with E-state index in [1.165, 1.54) is 12.8 Å². The van der Waals surface area contributed by atoms with E-state index in [0.717, 1.165) is 17.3 Å². The van der Waals surface area contributed by atoms with Gasteiger partial charge >= 0.3 is 0 Å². The first-order chi connectivity index (χ1) is 5.11. The zero-order valence-corrected chi connectivity index (χ0v) is 7.65. The van der Waals surface area contributed by atoms with E-state index in [2.05, 4.69) is 26.8 Å². The van der Waals surface area contributed by atoms with Crippen LogP contribution in [0.25, 0.3) is 0 Å². The highest BCUT2D eigenvalue weighted by molar-refractivity contribution is 5.39. The Balaban J connectivity index is 2.02. The summed E-state index contributed by atoms with van der Waals surface area (Å²) in [7, 11) is 0. The number of hydrogen-bond acceptors (Lipinski definition) is 0. The van der Waals surface area contributed by atoms with Crippen LogP contribution in [0, 0.1) is 22.7 Å². The van der Waals surface area contributed by atoms with Crippen LogP contribution >= 0.6 is 0 Å². The van der Waals surface area contributed by atoms with Crippen molar-refractivity contribution in [3.63, 3.8) is 0 Å². The maximum absolute atomic E-state index is 2.49. The summed E-state index contributed by atoms with van der Waals surface area (Å²) in [6.45, 7) is 7.25. The zero-order chi connectivity index (χ0) is 7.85. The second kappa shape index (κ2) is 1.32. The van der Waals surface area contributed by atoms with E-state index in [0.29, 0.717) is 5.41 Å². The monoisotopic (exact) mass is 148 g/mol. The highest BCUT2D eigenvalue weighted by Gasteiger charge is 2.81. The fourth-order valence-corrected chi connectivity index (χ4v) is 4.10. The molecule has 0 heterocycles. The summed E-state index contributed by atoms with van der Waals surface area (Å²) in [6.07, 6.45) is 5.37. The minimum Gasteiger partial charge on any atom is -0.0847 e. The number of rotatable bonds is 0. The molecule has 11 heavy (non-hydrogen) atoms. The van der Waals surface area contributed by atoms with Crippen LogP contribution in [0.15, 0.2) is 11.6 Å². The summed E-state index contributed by atoms with van der Waals surface area (Å²) in [5.41, 5.74) is 3.15. The van der Waals surface area contributed by atoms with Crippen molar-refractivity contribution in [2.24, 2.45) is 22.7 Å². The summed E-state index contributed by atoms with van der Waals surface area (Å²) in [5.74, 6) is 2.07. The van der Waals surface area contributed by atoms with Gasteiger partial charge in [0, 0.05) is 0 Å². The van der Waals surface area contributed by atoms with Gasteiger partial charge in [0.2, 0.25) is 0 Å². The SMILES string of the molecule is CC1=CC[C@@]23[C@@H]1C[C@@H]2C3(C)C. The molecule has 2 saturated carbocycles. The Morgan fingerprint density at radius 3 is 2.55 bits per heavy atom. The van der Waals surface area contributed by atoms with Gasteiger partial charge in [-0.3, -0.25) is 0 Å². The van der Waals surface area contributed by atoms with Gasteiger partial charge in [-0.1, -0.05) is 25.5 Å². The van der Waals surface area contributed by atoms with Crippen molar-refractivity contribution in [2.75, 3.05) is 0 Å². The van der Waals surface area contributed by atoms with Crippen molar-refractivity contribution in [1.29, 1.82) is 0 Å². The molecule has 3 atom stereocenters. The Bertz CT molecular complexity index is 259. The summed E-state index contributed by atoms with van der Waals surface area (Å²) < 4.78 is 0. The second-order valence-electron chi connectivity index (χ2n) is 5.26. The topological polar surface area (TPSA) is 0 Å². The molecule has 0 aromatic heterocycles. The molecular formula is C11H16. The lowest BCUT2D eigenvalue weighted by Gasteiger charge is -2.32. The molecule has 0 aromatic carbocycles. The molecule has 2 fully saturated rings. The molecule has 60 valence electrons. The smallest absolute Gasteiger partial charge is 0.0110 e. The van der Waals surface area contributed by atoms with Gasteiger partial charge < -0.3 is 0 Å². The largest absolute Gasteiger partial charge is 0.0847 e. The molecule has 0 heteroatoms. The van der Waals surface area contributed by atoms with Gasteiger partial charge in [0.1, 0.15) is 0 Å². The third-order valence-electron chi connectivity index (χ3n) is 5.01. The van der Waals surface area contributed by atoms with E-state index < -0.39 is 0 Å². The van der Waals surface area contributed by atoms with E-state index in [1.807, 2.05) is 0 Å². The first-order valence-corrected chi connectivity index (χ1v) is 4.77. The van der Waals surface area contributed by atoms with Gasteiger partial charge in [-0.15, -0.1) is 0 Å². The van der Waals surface area contributed by atoms with Crippen LogP contribution in [0.5, 0.6) is 0 Å². The number of hydrogen-bond donors (Lipinski definition) is 0. The predicted molar refractivity (Wildman–Crippen MR) is 46.2 cm³/mol. The van der Waals surface area contributed by atoms with Gasteiger partial charge in [-0.05, 0) is 42.4 Å². The molecule has 0 N–H and O–H groups in total. The number of allylic oxidation sites excluding steroid dienone is 2. The fourth-order valence-electron chi connectivity index (χ4n) is 4.10. The molecule has 0 radical (unpaired) electrons. The van der Waals surface area contributed by atoms with Crippen molar-refractivity contribution in [1.82, 2.24) is 0 Å². The van der Waals surface area contributed by atoms with Gasteiger partial charge in [0.25, 0.3) is 0 Å². The van der Waals surface area contributed by atoms with Crippen molar-refractivity contribution >= 4 is 0 Å². The normalized spacial score (nSPS) is 55.7. The Morgan fingerprint density at radius 1 is 1.45 bits per heavy atom. The maximum Gasteiger partial charge on any atom is -0.0110 e. The van der Waals surface area contributed by atoms with Crippen molar-refractivity contribution in [3.8, 4) is 0 Å². The average Bonchev–Trinajstić information content (AvgIpc) is 2.09. The van der Waals surface area contributed by atoms with E-state index in [-0.39, 0.29) is 0 Å². The molecule has 0 nitrogen and oxygen atoms in total. The lowest BCUT2D eigenvalue weighted by Crippen LogP contribution is -2.25. The standard InChI is InChI=1S/C11H16/c1-7-4-5-11-8(7)6-9(11)10(11,2)3/h4,8-9H,5-6H2,1-3H3/t8-,9-,11-/m1/s1. The van der Waals surface area contributed by atoms with Gasteiger partial charge in [-0.25, -0.2) is 0 Å². The van der Waals surface area contributed by atoms with Gasteiger partial charge in [0.15, 0.2) is 0 Å².